The molecule has 0 fully saturated rings. The Balaban J connectivity index is 0.000000757. The predicted molar refractivity (Wildman–Crippen MR) is 167 cm³/mol. The Morgan fingerprint density at radius 3 is 1.27 bits per heavy atom. The molecule has 1 aromatic carbocycles. The maximum atomic E-state index is 11.9. The summed E-state index contributed by atoms with van der Waals surface area (Å²) >= 11 is 0. The fraction of sp³-hybridized carbons (Fsp3) is 0.812. The summed E-state index contributed by atoms with van der Waals surface area (Å²) in [5.41, 5.74) is 0. The first-order chi connectivity index (χ1) is 18.1. The molecule has 5 heteroatoms. The second kappa shape index (κ2) is 28.6. The summed E-state index contributed by atoms with van der Waals surface area (Å²) in [6, 6.07) is 8.33. The molecule has 0 amide bonds. The number of unbranched alkanes of at least 4 members (excludes halogenated alkanes) is 20. The molecule has 0 bridgehead atoms. The van der Waals surface area contributed by atoms with E-state index < -0.39 is 10.1 Å². The molecule has 0 radical (unpaired) electrons. The average Bonchev–Trinajstić information content (AvgIpc) is 2.91. The Labute approximate surface area is 234 Å². The van der Waals surface area contributed by atoms with Crippen molar-refractivity contribution < 1.29 is 12.6 Å². The number of hydrogen-bond donors (Lipinski definition) is 0. The van der Waals surface area contributed by atoms with Crippen LogP contribution in [0.3, 0.4) is 0 Å². The van der Waals surface area contributed by atoms with Crippen LogP contribution < -0.4 is 0 Å². The zero-order valence-corrected chi connectivity index (χ0v) is 26.5. The van der Waals surface area contributed by atoms with Crippen molar-refractivity contribution in [3.05, 3.63) is 30.3 Å². The van der Waals surface area contributed by atoms with Crippen molar-refractivity contribution in [1.29, 1.82) is 0 Å². The average molecular weight is 557 g/mol. The molecule has 0 spiro atoms. The van der Waals surface area contributed by atoms with E-state index in [4.69, 9.17) is 4.18 Å². The van der Waals surface area contributed by atoms with Gasteiger partial charge in [-0.15, -0.1) is 9.24 Å². The monoisotopic (exact) mass is 556 g/mol. The van der Waals surface area contributed by atoms with Gasteiger partial charge in [-0.05, 0) is 31.1 Å². The first-order valence-corrected chi connectivity index (χ1v) is 18.0. The first-order valence-electron chi connectivity index (χ1n) is 15.7. The standard InChI is InChI=1S/C18H30O3S.C14H31P/c1-2-3-4-5-6-7-8-9-10-14-17-21-22(19,20)18-15-12-11-13-16-18;1-2-3-4-5-6-7-8-9-10-11-12-13-14-15/h11-13,15-16H,2-10,14,17H2,1H3;2-15H2,1H3. The van der Waals surface area contributed by atoms with Crippen LogP contribution in [0.15, 0.2) is 35.2 Å². The van der Waals surface area contributed by atoms with Crippen LogP contribution in [0.2, 0.25) is 0 Å². The van der Waals surface area contributed by atoms with Gasteiger partial charge in [0.1, 0.15) is 0 Å². The van der Waals surface area contributed by atoms with E-state index in [-0.39, 0.29) is 11.5 Å². The van der Waals surface area contributed by atoms with Gasteiger partial charge in [0.15, 0.2) is 0 Å². The number of benzene rings is 1. The fourth-order valence-corrected chi connectivity index (χ4v) is 5.65. The second-order valence-electron chi connectivity index (χ2n) is 10.4. The minimum Gasteiger partial charge on any atom is -0.266 e. The van der Waals surface area contributed by atoms with E-state index in [1.54, 1.807) is 30.3 Å². The minimum absolute atomic E-state index is 0.238. The summed E-state index contributed by atoms with van der Waals surface area (Å²) < 4.78 is 28.8. The van der Waals surface area contributed by atoms with Crippen molar-refractivity contribution in [2.75, 3.05) is 12.8 Å². The largest absolute Gasteiger partial charge is 0.296 e. The molecule has 0 saturated heterocycles. The van der Waals surface area contributed by atoms with Crippen molar-refractivity contribution in [2.24, 2.45) is 0 Å². The lowest BCUT2D eigenvalue weighted by molar-refractivity contribution is 0.306. The van der Waals surface area contributed by atoms with Gasteiger partial charge >= 0.3 is 0 Å². The van der Waals surface area contributed by atoms with Gasteiger partial charge in [-0.2, -0.15) is 8.42 Å². The normalized spacial score (nSPS) is 11.3. The summed E-state index contributed by atoms with van der Waals surface area (Å²) in [7, 11) is -0.756. The van der Waals surface area contributed by atoms with Crippen LogP contribution in [0.5, 0.6) is 0 Å². The smallest absolute Gasteiger partial charge is 0.266 e. The Kier molecular flexibility index (Phi) is 28.2. The van der Waals surface area contributed by atoms with E-state index >= 15 is 0 Å². The molecular formula is C32H61O3PS. The van der Waals surface area contributed by atoms with E-state index in [0.717, 1.165) is 12.8 Å². The van der Waals surface area contributed by atoms with E-state index in [0.29, 0.717) is 0 Å². The molecule has 37 heavy (non-hydrogen) atoms. The summed E-state index contributed by atoms with van der Waals surface area (Å²) in [5.74, 6) is 0. The summed E-state index contributed by atoms with van der Waals surface area (Å²) in [6.45, 7) is 4.81. The van der Waals surface area contributed by atoms with Crippen LogP contribution in [0.4, 0.5) is 0 Å². The van der Waals surface area contributed by atoms with Gasteiger partial charge in [-0.1, -0.05) is 160 Å². The molecule has 1 unspecified atom stereocenters. The van der Waals surface area contributed by atoms with Crippen molar-refractivity contribution in [3.8, 4) is 0 Å². The molecule has 0 aliphatic rings. The maximum Gasteiger partial charge on any atom is 0.296 e. The summed E-state index contributed by atoms with van der Waals surface area (Å²) in [5, 5.41) is 0. The molecule has 0 saturated carbocycles. The summed E-state index contributed by atoms with van der Waals surface area (Å²) in [6.07, 6.45) is 31.0. The van der Waals surface area contributed by atoms with Gasteiger partial charge in [0, 0.05) is 0 Å². The molecule has 218 valence electrons. The Bertz CT molecular complexity index is 652. The van der Waals surface area contributed by atoms with E-state index in [9.17, 15) is 8.42 Å². The predicted octanol–water partition coefficient (Wildman–Crippen LogP) is 10.9. The van der Waals surface area contributed by atoms with Gasteiger partial charge in [-0.25, -0.2) is 0 Å². The third-order valence-corrected chi connectivity index (χ3v) is 8.56. The highest BCUT2D eigenvalue weighted by molar-refractivity contribution is 7.86. The highest BCUT2D eigenvalue weighted by atomic mass is 32.2. The zero-order chi connectivity index (χ0) is 27.3. The van der Waals surface area contributed by atoms with Crippen LogP contribution in [-0.4, -0.2) is 21.2 Å². The van der Waals surface area contributed by atoms with Gasteiger partial charge in [0.05, 0.1) is 11.5 Å². The SMILES string of the molecule is CCCCCCCCCCCCCCP.CCCCCCCCCCCCOS(=O)(=O)c1ccccc1. The van der Waals surface area contributed by atoms with Crippen LogP contribution in [0.25, 0.3) is 0 Å². The minimum atomic E-state index is -3.57. The fourth-order valence-electron chi connectivity index (χ4n) is 4.40. The molecular weight excluding hydrogens is 495 g/mol. The number of rotatable bonds is 25. The van der Waals surface area contributed by atoms with Gasteiger partial charge in [0.25, 0.3) is 10.1 Å². The van der Waals surface area contributed by atoms with Gasteiger partial charge in [0.2, 0.25) is 0 Å². The topological polar surface area (TPSA) is 43.4 Å². The lowest BCUT2D eigenvalue weighted by Crippen LogP contribution is -2.07. The van der Waals surface area contributed by atoms with Gasteiger partial charge in [-0.3, -0.25) is 4.18 Å². The Hall–Kier alpha value is -0.440. The zero-order valence-electron chi connectivity index (χ0n) is 24.6. The highest BCUT2D eigenvalue weighted by Gasteiger charge is 2.13. The maximum absolute atomic E-state index is 11.9. The molecule has 0 N–H and O–H groups in total. The van der Waals surface area contributed by atoms with E-state index in [1.165, 1.54) is 135 Å². The van der Waals surface area contributed by atoms with Crippen LogP contribution in [0.1, 0.15) is 155 Å². The quantitative estimate of drug-likeness (QED) is 0.0683. The van der Waals surface area contributed by atoms with Crippen LogP contribution >= 0.6 is 9.24 Å². The van der Waals surface area contributed by atoms with Crippen molar-refractivity contribution in [1.82, 2.24) is 0 Å². The highest BCUT2D eigenvalue weighted by Crippen LogP contribution is 2.14. The molecule has 0 aromatic heterocycles. The second-order valence-corrected chi connectivity index (χ2v) is 12.6. The Morgan fingerprint density at radius 2 is 0.892 bits per heavy atom. The third-order valence-electron chi connectivity index (χ3n) is 6.83. The van der Waals surface area contributed by atoms with Gasteiger partial charge < -0.3 is 0 Å². The molecule has 3 nitrogen and oxygen atoms in total. The molecule has 0 aliphatic carbocycles. The van der Waals surface area contributed by atoms with Crippen molar-refractivity contribution in [2.45, 2.75) is 160 Å². The molecule has 1 aromatic rings. The van der Waals surface area contributed by atoms with Crippen LogP contribution in [-0.2, 0) is 14.3 Å². The third kappa shape index (κ3) is 25.6. The van der Waals surface area contributed by atoms with Crippen molar-refractivity contribution in [3.63, 3.8) is 0 Å². The van der Waals surface area contributed by atoms with E-state index in [2.05, 4.69) is 23.1 Å². The van der Waals surface area contributed by atoms with E-state index in [1.807, 2.05) is 0 Å². The lowest BCUT2D eigenvalue weighted by Gasteiger charge is -2.05. The summed E-state index contributed by atoms with van der Waals surface area (Å²) in [4.78, 5) is 0.238. The Morgan fingerprint density at radius 1 is 0.541 bits per heavy atom. The lowest BCUT2D eigenvalue weighted by atomic mass is 10.1. The van der Waals surface area contributed by atoms with Crippen molar-refractivity contribution >= 4 is 19.4 Å². The molecule has 0 aliphatic heterocycles. The van der Waals surface area contributed by atoms with Crippen LogP contribution in [0, 0.1) is 0 Å². The molecule has 1 rings (SSSR count). The molecule has 1 atom stereocenters. The molecule has 0 heterocycles. The first kappa shape index (κ1) is 36.6. The number of hydrogen-bond acceptors (Lipinski definition) is 3.